The molecule has 0 spiro atoms. The Balaban J connectivity index is 1.63. The van der Waals surface area contributed by atoms with Gasteiger partial charge in [0.2, 0.25) is 5.91 Å². The number of hydrogen-bond acceptors (Lipinski definition) is 5. The number of anilines is 1. The number of halogens is 1. The molecule has 0 radical (unpaired) electrons. The van der Waals surface area contributed by atoms with Crippen LogP contribution in [0.5, 0.6) is 0 Å². The van der Waals surface area contributed by atoms with Crippen molar-refractivity contribution in [2.75, 3.05) is 17.3 Å². The second kappa shape index (κ2) is 11.2. The van der Waals surface area contributed by atoms with E-state index >= 15 is 0 Å². The van der Waals surface area contributed by atoms with E-state index in [4.69, 9.17) is 11.6 Å². The highest BCUT2D eigenvalue weighted by molar-refractivity contribution is 7.98. The summed E-state index contributed by atoms with van der Waals surface area (Å²) >= 11 is 9.08. The lowest BCUT2D eigenvalue weighted by Crippen LogP contribution is -2.44. The van der Waals surface area contributed by atoms with Gasteiger partial charge >= 0.3 is 0 Å². The number of carbonyl (C=O) groups is 2. The zero-order valence-corrected chi connectivity index (χ0v) is 18.8. The van der Waals surface area contributed by atoms with E-state index < -0.39 is 6.04 Å². The van der Waals surface area contributed by atoms with E-state index in [1.54, 1.807) is 42.2 Å². The molecule has 1 unspecified atom stereocenters. The Morgan fingerprint density at radius 1 is 1.17 bits per heavy atom. The second-order valence-corrected chi connectivity index (χ2v) is 9.14. The topological polar surface area (TPSA) is 71.1 Å². The van der Waals surface area contributed by atoms with Gasteiger partial charge in [0, 0.05) is 28.1 Å². The van der Waals surface area contributed by atoms with Crippen molar-refractivity contribution in [3.63, 3.8) is 0 Å². The average molecular weight is 460 g/mol. The lowest BCUT2D eigenvalue weighted by atomic mass is 10.1. The van der Waals surface area contributed by atoms with Crippen molar-refractivity contribution in [1.29, 1.82) is 0 Å². The summed E-state index contributed by atoms with van der Waals surface area (Å²) in [6, 6.07) is 15.9. The first-order valence-electron chi connectivity index (χ1n) is 9.40. The first-order valence-corrected chi connectivity index (χ1v) is 12.0. The average Bonchev–Trinajstić information content (AvgIpc) is 3.18. The molecule has 30 heavy (non-hydrogen) atoms. The molecule has 0 aliphatic heterocycles. The molecule has 0 aliphatic rings. The van der Waals surface area contributed by atoms with E-state index in [2.05, 4.69) is 15.6 Å². The standard InChI is InChI=1S/C22H22ClN3O2S2/c1-29-11-10-19(25-20(27)16-7-3-2-4-8-16)21(28)26-22-24-14-18(30-22)13-15-6-5-9-17(23)12-15/h2-9,12,14,19H,10-11,13H2,1H3,(H,25,27)(H,24,26,28). The first kappa shape index (κ1) is 22.3. The van der Waals surface area contributed by atoms with Crippen LogP contribution in [0.15, 0.2) is 60.8 Å². The molecule has 1 atom stereocenters. The van der Waals surface area contributed by atoms with Crippen molar-refractivity contribution in [1.82, 2.24) is 10.3 Å². The van der Waals surface area contributed by atoms with Crippen molar-refractivity contribution < 1.29 is 9.59 Å². The number of aromatic nitrogens is 1. The second-order valence-electron chi connectivity index (χ2n) is 6.60. The summed E-state index contributed by atoms with van der Waals surface area (Å²) in [5.41, 5.74) is 1.61. The predicted molar refractivity (Wildman–Crippen MR) is 126 cm³/mol. The van der Waals surface area contributed by atoms with Crippen molar-refractivity contribution >= 4 is 51.6 Å². The number of hydrogen-bond donors (Lipinski definition) is 2. The predicted octanol–water partition coefficient (Wildman–Crippen LogP) is 4.88. The fourth-order valence-electron chi connectivity index (χ4n) is 2.82. The highest BCUT2D eigenvalue weighted by Gasteiger charge is 2.22. The van der Waals surface area contributed by atoms with Crippen LogP contribution in [0.1, 0.15) is 27.2 Å². The number of amides is 2. The molecule has 156 valence electrons. The SMILES string of the molecule is CSCCC(NC(=O)c1ccccc1)C(=O)Nc1ncc(Cc2cccc(Cl)c2)s1. The van der Waals surface area contributed by atoms with Crippen LogP contribution < -0.4 is 10.6 Å². The quantitative estimate of drug-likeness (QED) is 0.478. The molecule has 5 nitrogen and oxygen atoms in total. The van der Waals surface area contributed by atoms with Gasteiger partial charge in [0.25, 0.3) is 5.91 Å². The van der Waals surface area contributed by atoms with Crippen LogP contribution in [0, 0.1) is 0 Å². The van der Waals surface area contributed by atoms with Crippen LogP contribution in [0.25, 0.3) is 0 Å². The number of benzene rings is 2. The summed E-state index contributed by atoms with van der Waals surface area (Å²) < 4.78 is 0. The molecule has 1 heterocycles. The molecule has 0 aliphatic carbocycles. The molecule has 1 aromatic heterocycles. The van der Waals surface area contributed by atoms with Crippen molar-refractivity contribution in [2.45, 2.75) is 18.9 Å². The van der Waals surface area contributed by atoms with Crippen LogP contribution in [-0.2, 0) is 11.2 Å². The molecule has 0 bridgehead atoms. The van der Waals surface area contributed by atoms with Crippen molar-refractivity contribution in [2.24, 2.45) is 0 Å². The normalized spacial score (nSPS) is 11.7. The number of rotatable bonds is 9. The Morgan fingerprint density at radius 2 is 1.97 bits per heavy atom. The highest BCUT2D eigenvalue weighted by Crippen LogP contribution is 2.23. The fraction of sp³-hybridized carbons (Fsp3) is 0.227. The van der Waals surface area contributed by atoms with Crippen LogP contribution in [-0.4, -0.2) is 34.8 Å². The summed E-state index contributed by atoms with van der Waals surface area (Å²) in [6.45, 7) is 0. The molecule has 3 aromatic rings. The molecule has 0 saturated carbocycles. The van der Waals surface area contributed by atoms with Crippen LogP contribution >= 0.6 is 34.7 Å². The molecule has 2 aromatic carbocycles. The monoisotopic (exact) mass is 459 g/mol. The van der Waals surface area contributed by atoms with Crippen LogP contribution in [0.2, 0.25) is 5.02 Å². The van der Waals surface area contributed by atoms with Gasteiger partial charge in [0.15, 0.2) is 5.13 Å². The van der Waals surface area contributed by atoms with Crippen LogP contribution in [0.3, 0.4) is 0 Å². The lowest BCUT2D eigenvalue weighted by Gasteiger charge is -2.17. The third-order valence-electron chi connectivity index (χ3n) is 4.32. The molecule has 0 fully saturated rings. The van der Waals surface area contributed by atoms with Gasteiger partial charge in [-0.3, -0.25) is 9.59 Å². The van der Waals surface area contributed by atoms with Gasteiger partial charge in [0.05, 0.1) is 0 Å². The summed E-state index contributed by atoms with van der Waals surface area (Å²) in [7, 11) is 0. The minimum Gasteiger partial charge on any atom is -0.340 e. The van der Waals surface area contributed by atoms with E-state index in [9.17, 15) is 9.59 Å². The van der Waals surface area contributed by atoms with Gasteiger partial charge in [-0.15, -0.1) is 11.3 Å². The molecular formula is C22H22ClN3O2S2. The molecule has 0 saturated heterocycles. The van der Waals surface area contributed by atoms with Crippen LogP contribution in [0.4, 0.5) is 5.13 Å². The summed E-state index contributed by atoms with van der Waals surface area (Å²) in [4.78, 5) is 30.6. The lowest BCUT2D eigenvalue weighted by molar-refractivity contribution is -0.118. The Labute approximate surface area is 189 Å². The molecule has 8 heteroatoms. The summed E-state index contributed by atoms with van der Waals surface area (Å²) in [5.74, 6) is 0.222. The Hall–Kier alpha value is -2.35. The van der Waals surface area contributed by atoms with Gasteiger partial charge < -0.3 is 10.6 Å². The zero-order valence-electron chi connectivity index (χ0n) is 16.4. The van der Waals surface area contributed by atoms with Gasteiger partial charge in [-0.25, -0.2) is 4.98 Å². The molecular weight excluding hydrogens is 438 g/mol. The molecule has 2 N–H and O–H groups in total. The minimum atomic E-state index is -0.634. The third kappa shape index (κ3) is 6.58. The Bertz CT molecular complexity index is 995. The molecule has 2 amide bonds. The van der Waals surface area contributed by atoms with E-state index in [0.717, 1.165) is 16.2 Å². The van der Waals surface area contributed by atoms with Crippen molar-refractivity contribution in [3.05, 3.63) is 81.8 Å². The summed E-state index contributed by atoms with van der Waals surface area (Å²) in [6.07, 6.45) is 4.94. The highest BCUT2D eigenvalue weighted by atomic mass is 35.5. The number of thiazole rings is 1. The number of nitrogens with one attached hydrogen (secondary N) is 2. The van der Waals surface area contributed by atoms with E-state index in [-0.39, 0.29) is 11.8 Å². The number of carbonyl (C=O) groups excluding carboxylic acids is 2. The van der Waals surface area contributed by atoms with E-state index in [0.29, 0.717) is 28.6 Å². The largest absolute Gasteiger partial charge is 0.340 e. The Kier molecular flexibility index (Phi) is 8.30. The van der Waals surface area contributed by atoms with Gasteiger partial charge in [-0.2, -0.15) is 11.8 Å². The maximum atomic E-state index is 12.8. The van der Waals surface area contributed by atoms with E-state index in [1.165, 1.54) is 11.3 Å². The Morgan fingerprint density at radius 3 is 2.70 bits per heavy atom. The van der Waals surface area contributed by atoms with Crippen molar-refractivity contribution in [3.8, 4) is 0 Å². The fourth-order valence-corrected chi connectivity index (χ4v) is 4.36. The third-order valence-corrected chi connectivity index (χ3v) is 6.11. The van der Waals surface area contributed by atoms with E-state index in [1.807, 2.05) is 36.6 Å². The number of thioether (sulfide) groups is 1. The number of nitrogens with zero attached hydrogens (tertiary/aromatic N) is 1. The smallest absolute Gasteiger partial charge is 0.251 e. The van der Waals surface area contributed by atoms with Gasteiger partial charge in [-0.1, -0.05) is 41.9 Å². The van der Waals surface area contributed by atoms with Gasteiger partial charge in [0.1, 0.15) is 6.04 Å². The maximum Gasteiger partial charge on any atom is 0.251 e. The minimum absolute atomic E-state index is 0.266. The molecule has 3 rings (SSSR count). The zero-order chi connectivity index (χ0) is 21.3. The van der Waals surface area contributed by atoms with Gasteiger partial charge in [-0.05, 0) is 48.3 Å². The summed E-state index contributed by atoms with van der Waals surface area (Å²) in [5, 5.41) is 6.89. The maximum absolute atomic E-state index is 12.8. The first-order chi connectivity index (χ1) is 14.5.